The Kier molecular flexibility index (Phi) is 5.15. The number of hydrogen-bond acceptors (Lipinski definition) is 3. The van der Waals surface area contributed by atoms with Crippen LogP contribution in [0.3, 0.4) is 0 Å². The highest BCUT2D eigenvalue weighted by Crippen LogP contribution is 2.38. The molecule has 0 aromatic heterocycles. The van der Waals surface area contributed by atoms with E-state index in [4.69, 9.17) is 0 Å². The Hall–Kier alpha value is -2.34. The quantitative estimate of drug-likeness (QED) is 0.775. The molecule has 29 heavy (non-hydrogen) atoms. The maximum absolute atomic E-state index is 12.9. The topological polar surface area (TPSA) is 66.5 Å². The van der Waals surface area contributed by atoms with Crippen LogP contribution in [0.25, 0.3) is 0 Å². The van der Waals surface area contributed by atoms with Gasteiger partial charge in [-0.25, -0.2) is 8.42 Å². The molecule has 0 bridgehead atoms. The molecule has 2 aliphatic rings. The van der Waals surface area contributed by atoms with E-state index in [1.807, 2.05) is 24.0 Å². The Morgan fingerprint density at radius 2 is 1.79 bits per heavy atom. The number of nitrogens with one attached hydrogen (secondary N) is 1. The lowest BCUT2D eigenvalue weighted by atomic mass is 9.84. The summed E-state index contributed by atoms with van der Waals surface area (Å²) in [5, 5.41) is 0. The van der Waals surface area contributed by atoms with Gasteiger partial charge in [0.15, 0.2) is 0 Å². The molecule has 1 atom stereocenters. The number of anilines is 2. The fourth-order valence-electron chi connectivity index (χ4n) is 4.11. The van der Waals surface area contributed by atoms with Crippen molar-refractivity contribution in [2.24, 2.45) is 5.92 Å². The molecule has 6 heteroatoms. The second kappa shape index (κ2) is 7.48. The molecule has 2 aromatic carbocycles. The molecule has 1 unspecified atom stereocenters. The molecule has 1 fully saturated rings. The summed E-state index contributed by atoms with van der Waals surface area (Å²) in [5.41, 5.74) is 3.48. The fourth-order valence-corrected chi connectivity index (χ4v) is 5.22. The largest absolute Gasteiger partial charge is 0.309 e. The summed E-state index contributed by atoms with van der Waals surface area (Å²) in [7, 11) is -3.69. The average molecular weight is 413 g/mol. The molecule has 1 N–H and O–H groups in total. The monoisotopic (exact) mass is 412 g/mol. The summed E-state index contributed by atoms with van der Waals surface area (Å²) in [6, 6.07) is 12.6. The highest BCUT2D eigenvalue weighted by atomic mass is 32.2. The Morgan fingerprint density at radius 1 is 1.10 bits per heavy atom. The van der Waals surface area contributed by atoms with Gasteiger partial charge in [0.05, 0.1) is 4.90 Å². The molecular formula is C23H28N2O3S. The number of sulfonamides is 1. The van der Waals surface area contributed by atoms with E-state index in [9.17, 15) is 13.2 Å². The van der Waals surface area contributed by atoms with E-state index in [0.717, 1.165) is 36.1 Å². The summed E-state index contributed by atoms with van der Waals surface area (Å²) in [4.78, 5) is 14.9. The summed E-state index contributed by atoms with van der Waals surface area (Å²) in [6.07, 6.45) is 3.72. The molecule has 0 spiro atoms. The summed E-state index contributed by atoms with van der Waals surface area (Å²) < 4.78 is 28.4. The summed E-state index contributed by atoms with van der Waals surface area (Å²) in [5.74, 6) is 0.703. The normalized spacial score (nSPS) is 19.2. The Balaban J connectivity index is 1.56. The van der Waals surface area contributed by atoms with E-state index in [1.165, 1.54) is 0 Å². The van der Waals surface area contributed by atoms with Crippen LogP contribution in [-0.2, 0) is 21.2 Å². The molecule has 1 aliphatic carbocycles. The van der Waals surface area contributed by atoms with Gasteiger partial charge in [-0.3, -0.25) is 9.52 Å². The minimum absolute atomic E-state index is 0.0626. The van der Waals surface area contributed by atoms with Crippen molar-refractivity contribution >= 4 is 27.3 Å². The van der Waals surface area contributed by atoms with Crippen LogP contribution in [0.2, 0.25) is 0 Å². The van der Waals surface area contributed by atoms with E-state index in [0.29, 0.717) is 18.0 Å². The Morgan fingerprint density at radius 3 is 2.38 bits per heavy atom. The third-order valence-corrected chi connectivity index (χ3v) is 7.48. The molecule has 0 radical (unpaired) electrons. The van der Waals surface area contributed by atoms with Gasteiger partial charge >= 0.3 is 0 Å². The molecule has 1 aliphatic heterocycles. The number of rotatable bonds is 5. The zero-order chi connectivity index (χ0) is 20.8. The van der Waals surface area contributed by atoms with Crippen molar-refractivity contribution < 1.29 is 13.2 Å². The second-order valence-electron chi connectivity index (χ2n) is 8.56. The number of nitrogens with zero attached hydrogens (tertiary/aromatic N) is 1. The van der Waals surface area contributed by atoms with Crippen molar-refractivity contribution in [2.75, 3.05) is 9.62 Å². The van der Waals surface area contributed by atoms with Gasteiger partial charge in [0, 0.05) is 23.3 Å². The van der Waals surface area contributed by atoms with Crippen molar-refractivity contribution in [3.05, 3.63) is 53.6 Å². The van der Waals surface area contributed by atoms with E-state index in [-0.39, 0.29) is 22.8 Å². The molecule has 4 rings (SSSR count). The van der Waals surface area contributed by atoms with Crippen LogP contribution in [0.15, 0.2) is 47.4 Å². The Labute approximate surface area is 173 Å². The molecule has 2 aromatic rings. The molecule has 1 saturated carbocycles. The first-order chi connectivity index (χ1) is 13.8. The SMILES string of the molecule is CC(C)c1ccc(NS(=O)(=O)c2ccc3c(c2)CC(C)N3C(=O)C2CCC2)cc1. The van der Waals surface area contributed by atoms with Gasteiger partial charge in [0.2, 0.25) is 5.91 Å². The van der Waals surface area contributed by atoms with E-state index in [1.54, 1.807) is 30.3 Å². The van der Waals surface area contributed by atoms with Crippen molar-refractivity contribution in [1.29, 1.82) is 0 Å². The fraction of sp³-hybridized carbons (Fsp3) is 0.435. The number of benzene rings is 2. The minimum atomic E-state index is -3.69. The molecule has 154 valence electrons. The maximum Gasteiger partial charge on any atom is 0.261 e. The average Bonchev–Trinajstić information content (AvgIpc) is 2.95. The third-order valence-electron chi connectivity index (χ3n) is 6.10. The highest BCUT2D eigenvalue weighted by molar-refractivity contribution is 7.92. The first kappa shape index (κ1) is 20.0. The lowest BCUT2D eigenvalue weighted by molar-refractivity contribution is -0.125. The van der Waals surface area contributed by atoms with Crippen LogP contribution < -0.4 is 9.62 Å². The number of hydrogen-bond donors (Lipinski definition) is 1. The van der Waals surface area contributed by atoms with E-state index >= 15 is 0 Å². The smallest absolute Gasteiger partial charge is 0.261 e. The maximum atomic E-state index is 12.9. The van der Waals surface area contributed by atoms with E-state index < -0.39 is 10.0 Å². The molecule has 1 amide bonds. The Bertz CT molecular complexity index is 1020. The minimum Gasteiger partial charge on any atom is -0.309 e. The van der Waals surface area contributed by atoms with Crippen LogP contribution in [0, 0.1) is 5.92 Å². The zero-order valence-electron chi connectivity index (χ0n) is 17.2. The number of amides is 1. The molecule has 5 nitrogen and oxygen atoms in total. The van der Waals surface area contributed by atoms with Crippen LogP contribution in [0.4, 0.5) is 11.4 Å². The van der Waals surface area contributed by atoms with Gasteiger partial charge in [-0.1, -0.05) is 32.4 Å². The number of fused-ring (bicyclic) bond motifs is 1. The lowest BCUT2D eigenvalue weighted by Gasteiger charge is -2.32. The van der Waals surface area contributed by atoms with Crippen LogP contribution in [0.5, 0.6) is 0 Å². The highest BCUT2D eigenvalue weighted by Gasteiger charge is 2.37. The predicted octanol–water partition coefficient (Wildman–Crippen LogP) is 4.69. The van der Waals surface area contributed by atoms with Gasteiger partial charge < -0.3 is 4.90 Å². The van der Waals surface area contributed by atoms with Gasteiger partial charge in [-0.2, -0.15) is 0 Å². The van der Waals surface area contributed by atoms with Crippen molar-refractivity contribution in [1.82, 2.24) is 0 Å². The van der Waals surface area contributed by atoms with E-state index in [2.05, 4.69) is 18.6 Å². The van der Waals surface area contributed by atoms with Crippen LogP contribution in [0.1, 0.15) is 57.1 Å². The summed E-state index contributed by atoms with van der Waals surface area (Å²) >= 11 is 0. The number of carbonyl (C=O) groups is 1. The van der Waals surface area contributed by atoms with Crippen molar-refractivity contribution in [3.63, 3.8) is 0 Å². The standard InChI is InChI=1S/C23H28N2O3S/c1-15(2)17-7-9-20(10-8-17)24-29(27,28)21-11-12-22-19(14-21)13-16(3)25(22)23(26)18-5-4-6-18/h7-12,14-16,18,24H,4-6,13H2,1-3H3. The molecule has 1 heterocycles. The molecule has 0 saturated heterocycles. The van der Waals surface area contributed by atoms with Crippen LogP contribution >= 0.6 is 0 Å². The van der Waals surface area contributed by atoms with Gasteiger partial charge in [0.1, 0.15) is 0 Å². The third kappa shape index (κ3) is 3.78. The lowest BCUT2D eigenvalue weighted by Crippen LogP contribution is -2.42. The first-order valence-corrected chi connectivity index (χ1v) is 11.8. The van der Waals surface area contributed by atoms with Crippen LogP contribution in [-0.4, -0.2) is 20.4 Å². The zero-order valence-corrected chi connectivity index (χ0v) is 18.0. The number of carbonyl (C=O) groups excluding carboxylic acids is 1. The molecular weight excluding hydrogens is 384 g/mol. The van der Waals surface area contributed by atoms with Crippen molar-refractivity contribution in [2.45, 2.75) is 63.3 Å². The van der Waals surface area contributed by atoms with Gasteiger partial charge in [-0.15, -0.1) is 0 Å². The predicted molar refractivity (Wildman–Crippen MR) is 116 cm³/mol. The van der Waals surface area contributed by atoms with Crippen molar-refractivity contribution in [3.8, 4) is 0 Å². The van der Waals surface area contributed by atoms with Gasteiger partial charge in [-0.05, 0) is 73.6 Å². The van der Waals surface area contributed by atoms with Gasteiger partial charge in [0.25, 0.3) is 10.0 Å². The second-order valence-corrected chi connectivity index (χ2v) is 10.2. The summed E-state index contributed by atoms with van der Waals surface area (Å²) in [6.45, 7) is 6.23. The first-order valence-electron chi connectivity index (χ1n) is 10.3.